The van der Waals surface area contributed by atoms with Crippen LogP contribution in [-0.2, 0) is 4.79 Å². The minimum Gasteiger partial charge on any atom is -0.506 e. The summed E-state index contributed by atoms with van der Waals surface area (Å²) in [6.07, 6.45) is 0. The molecule has 3 aromatic rings. The molecule has 128 valence electrons. The maximum Gasteiger partial charge on any atom is 0.263 e. The van der Waals surface area contributed by atoms with Crippen LogP contribution in [0, 0.1) is 6.92 Å². The van der Waals surface area contributed by atoms with E-state index in [0.29, 0.717) is 15.6 Å². The van der Waals surface area contributed by atoms with E-state index in [9.17, 15) is 14.7 Å². The highest BCUT2D eigenvalue weighted by molar-refractivity contribution is 7.21. The third-order valence-corrected chi connectivity index (χ3v) is 5.25. The SMILES string of the molecule is Cc1ccc(NC(=O)CNC(=O)c2sc3ccccc3c2Cl)c(O)c1. The molecule has 0 aliphatic carbocycles. The van der Waals surface area contributed by atoms with Crippen LogP contribution in [0.3, 0.4) is 0 Å². The molecule has 2 aromatic carbocycles. The molecule has 0 saturated carbocycles. The number of halogens is 1. The zero-order valence-electron chi connectivity index (χ0n) is 13.3. The molecule has 2 amide bonds. The van der Waals surface area contributed by atoms with Crippen molar-refractivity contribution in [1.29, 1.82) is 0 Å². The van der Waals surface area contributed by atoms with Crippen molar-refractivity contribution in [3.8, 4) is 5.75 Å². The maximum absolute atomic E-state index is 12.3. The predicted molar refractivity (Wildman–Crippen MR) is 101 cm³/mol. The topological polar surface area (TPSA) is 78.4 Å². The Bertz CT molecular complexity index is 968. The number of benzene rings is 2. The van der Waals surface area contributed by atoms with Crippen molar-refractivity contribution < 1.29 is 14.7 Å². The van der Waals surface area contributed by atoms with E-state index in [-0.39, 0.29) is 12.3 Å². The van der Waals surface area contributed by atoms with Crippen LogP contribution in [0.25, 0.3) is 10.1 Å². The van der Waals surface area contributed by atoms with Crippen molar-refractivity contribution in [2.24, 2.45) is 0 Å². The van der Waals surface area contributed by atoms with E-state index in [1.54, 1.807) is 18.2 Å². The van der Waals surface area contributed by atoms with Gasteiger partial charge in [-0.1, -0.05) is 35.9 Å². The summed E-state index contributed by atoms with van der Waals surface area (Å²) in [5.41, 5.74) is 1.17. The smallest absolute Gasteiger partial charge is 0.263 e. The molecule has 7 heteroatoms. The standard InChI is InChI=1S/C18H15ClN2O3S/c1-10-6-7-12(13(22)8-10)21-15(23)9-20-18(24)17-16(19)11-4-2-3-5-14(11)25-17/h2-8,22H,9H2,1H3,(H,20,24)(H,21,23). The third kappa shape index (κ3) is 3.75. The summed E-state index contributed by atoms with van der Waals surface area (Å²) in [4.78, 5) is 24.6. The first-order valence-electron chi connectivity index (χ1n) is 7.50. The summed E-state index contributed by atoms with van der Waals surface area (Å²) < 4.78 is 0.909. The van der Waals surface area contributed by atoms with Crippen LogP contribution in [0.2, 0.25) is 5.02 Å². The van der Waals surface area contributed by atoms with Crippen LogP contribution < -0.4 is 10.6 Å². The van der Waals surface area contributed by atoms with E-state index < -0.39 is 11.8 Å². The second-order valence-electron chi connectivity index (χ2n) is 5.49. The molecule has 0 aliphatic heterocycles. The van der Waals surface area contributed by atoms with Crippen molar-refractivity contribution in [1.82, 2.24) is 5.32 Å². The number of hydrogen-bond donors (Lipinski definition) is 3. The Balaban J connectivity index is 1.65. The summed E-state index contributed by atoms with van der Waals surface area (Å²) in [5, 5.41) is 16.1. The number of carbonyl (C=O) groups is 2. The first kappa shape index (κ1) is 17.3. The van der Waals surface area contributed by atoms with Crippen LogP contribution >= 0.6 is 22.9 Å². The van der Waals surface area contributed by atoms with E-state index in [2.05, 4.69) is 10.6 Å². The minimum atomic E-state index is -0.440. The predicted octanol–water partition coefficient (Wildman–Crippen LogP) is 3.94. The van der Waals surface area contributed by atoms with Crippen LogP contribution in [0.4, 0.5) is 5.69 Å². The van der Waals surface area contributed by atoms with Gasteiger partial charge >= 0.3 is 0 Å². The van der Waals surface area contributed by atoms with E-state index in [1.807, 2.05) is 31.2 Å². The highest BCUT2D eigenvalue weighted by Gasteiger charge is 2.17. The van der Waals surface area contributed by atoms with Gasteiger partial charge in [-0.2, -0.15) is 0 Å². The lowest BCUT2D eigenvalue weighted by atomic mass is 10.2. The van der Waals surface area contributed by atoms with E-state index in [1.165, 1.54) is 11.3 Å². The number of aryl methyl sites for hydroxylation is 1. The number of aromatic hydroxyl groups is 1. The second-order valence-corrected chi connectivity index (χ2v) is 6.92. The number of nitrogens with one attached hydrogen (secondary N) is 2. The number of phenolic OH excluding ortho intramolecular Hbond substituents is 1. The highest BCUT2D eigenvalue weighted by atomic mass is 35.5. The fourth-order valence-corrected chi connectivity index (χ4v) is 3.78. The molecule has 0 radical (unpaired) electrons. The summed E-state index contributed by atoms with van der Waals surface area (Å²) in [5.74, 6) is -0.869. The minimum absolute atomic E-state index is 0.0211. The van der Waals surface area contributed by atoms with Gasteiger partial charge in [-0.3, -0.25) is 9.59 Å². The number of amides is 2. The third-order valence-electron chi connectivity index (χ3n) is 3.58. The molecule has 0 atom stereocenters. The van der Waals surface area contributed by atoms with Gasteiger partial charge in [-0.05, 0) is 30.7 Å². The first-order valence-corrected chi connectivity index (χ1v) is 8.70. The van der Waals surface area contributed by atoms with Crippen LogP contribution in [-0.4, -0.2) is 23.5 Å². The molecule has 5 nitrogen and oxygen atoms in total. The Kier molecular flexibility index (Phi) is 4.92. The normalized spacial score (nSPS) is 10.6. The lowest BCUT2D eigenvalue weighted by molar-refractivity contribution is -0.115. The van der Waals surface area contributed by atoms with Gasteiger partial charge in [-0.15, -0.1) is 11.3 Å². The molecule has 1 aromatic heterocycles. The summed E-state index contributed by atoms with van der Waals surface area (Å²) in [6.45, 7) is 1.61. The van der Waals surface area contributed by atoms with Crippen molar-refractivity contribution in [3.05, 3.63) is 57.9 Å². The summed E-state index contributed by atoms with van der Waals surface area (Å²) in [7, 11) is 0. The lowest BCUT2D eigenvalue weighted by Gasteiger charge is -2.08. The fraction of sp³-hybridized carbons (Fsp3) is 0.111. The molecule has 0 spiro atoms. The zero-order chi connectivity index (χ0) is 18.0. The number of hydrogen-bond acceptors (Lipinski definition) is 4. The Labute approximate surface area is 153 Å². The van der Waals surface area contributed by atoms with Gasteiger partial charge in [0.2, 0.25) is 5.91 Å². The lowest BCUT2D eigenvalue weighted by Crippen LogP contribution is -2.32. The van der Waals surface area contributed by atoms with Gasteiger partial charge in [0.05, 0.1) is 17.3 Å². The van der Waals surface area contributed by atoms with E-state index >= 15 is 0 Å². The molecule has 25 heavy (non-hydrogen) atoms. The van der Waals surface area contributed by atoms with Gasteiger partial charge < -0.3 is 15.7 Å². The average Bonchev–Trinajstić information content (AvgIpc) is 2.93. The zero-order valence-corrected chi connectivity index (χ0v) is 14.9. The van der Waals surface area contributed by atoms with E-state index in [4.69, 9.17) is 11.6 Å². The van der Waals surface area contributed by atoms with Gasteiger partial charge in [0.1, 0.15) is 10.6 Å². The molecule has 1 heterocycles. The molecule has 0 unspecified atom stereocenters. The van der Waals surface area contributed by atoms with Crippen molar-refractivity contribution >= 4 is 50.5 Å². The number of carbonyl (C=O) groups excluding carboxylic acids is 2. The molecule has 3 rings (SSSR count). The van der Waals surface area contributed by atoms with Crippen molar-refractivity contribution in [3.63, 3.8) is 0 Å². The Morgan fingerprint density at radius 2 is 1.96 bits per heavy atom. The fourth-order valence-electron chi connectivity index (χ4n) is 2.34. The summed E-state index contributed by atoms with van der Waals surface area (Å²) in [6, 6.07) is 12.4. The molecular formula is C18H15ClN2O3S. The Morgan fingerprint density at radius 3 is 2.68 bits per heavy atom. The molecule has 0 aliphatic rings. The first-order chi connectivity index (χ1) is 12.0. The molecule has 3 N–H and O–H groups in total. The number of anilines is 1. The average molecular weight is 375 g/mol. The van der Waals surface area contributed by atoms with Gasteiger partial charge in [-0.25, -0.2) is 0 Å². The van der Waals surface area contributed by atoms with Gasteiger partial charge in [0, 0.05) is 10.1 Å². The number of phenols is 1. The maximum atomic E-state index is 12.3. The van der Waals surface area contributed by atoms with Crippen LogP contribution in [0.15, 0.2) is 42.5 Å². The Hall–Kier alpha value is -2.57. The number of thiophene rings is 1. The molecular weight excluding hydrogens is 360 g/mol. The highest BCUT2D eigenvalue weighted by Crippen LogP contribution is 2.34. The molecule has 0 saturated heterocycles. The van der Waals surface area contributed by atoms with Crippen molar-refractivity contribution in [2.75, 3.05) is 11.9 Å². The number of fused-ring (bicyclic) bond motifs is 1. The monoisotopic (exact) mass is 374 g/mol. The number of rotatable bonds is 4. The quantitative estimate of drug-likeness (QED) is 0.605. The largest absolute Gasteiger partial charge is 0.506 e. The molecule has 0 fully saturated rings. The van der Waals surface area contributed by atoms with Crippen LogP contribution in [0.5, 0.6) is 5.75 Å². The van der Waals surface area contributed by atoms with Gasteiger partial charge in [0.15, 0.2) is 0 Å². The molecule has 0 bridgehead atoms. The van der Waals surface area contributed by atoms with E-state index in [0.717, 1.165) is 15.6 Å². The van der Waals surface area contributed by atoms with Crippen LogP contribution in [0.1, 0.15) is 15.2 Å². The summed E-state index contributed by atoms with van der Waals surface area (Å²) >= 11 is 7.52. The second kappa shape index (κ2) is 7.13. The Morgan fingerprint density at radius 1 is 1.20 bits per heavy atom. The van der Waals surface area contributed by atoms with Gasteiger partial charge in [0.25, 0.3) is 5.91 Å². The van der Waals surface area contributed by atoms with Crippen molar-refractivity contribution in [2.45, 2.75) is 6.92 Å².